The van der Waals surface area contributed by atoms with Crippen molar-refractivity contribution in [3.05, 3.63) is 70.9 Å². The Kier molecular flexibility index (Phi) is 6.45. The Morgan fingerprint density at radius 1 is 1.08 bits per heavy atom. The molecule has 0 bridgehead atoms. The summed E-state index contributed by atoms with van der Waals surface area (Å²) in [4.78, 5) is 45.7. The summed E-state index contributed by atoms with van der Waals surface area (Å²) in [5, 5.41) is 0. The number of ether oxygens (including phenoxy) is 2. The van der Waals surface area contributed by atoms with Crippen molar-refractivity contribution in [2.24, 2.45) is 0 Å². The van der Waals surface area contributed by atoms with Crippen molar-refractivity contribution in [1.29, 1.82) is 0 Å². The Balaban J connectivity index is 1.32. The minimum Gasteiger partial charge on any atom is -0.485 e. The number of fused-ring (bicyclic) bond motifs is 1. The van der Waals surface area contributed by atoms with Gasteiger partial charge in [0, 0.05) is 18.7 Å². The second-order valence-electron chi connectivity index (χ2n) is 9.06. The van der Waals surface area contributed by atoms with E-state index in [2.05, 4.69) is 4.98 Å². The average molecular weight is 490 g/mol. The molecule has 36 heavy (non-hydrogen) atoms. The number of nitrogens with zero attached hydrogens (tertiary/aromatic N) is 3. The molecule has 0 radical (unpaired) electrons. The highest BCUT2D eigenvalue weighted by atomic mass is 16.5. The lowest BCUT2D eigenvalue weighted by molar-refractivity contribution is -0.121. The number of oxazole rings is 1. The molecule has 3 heterocycles. The molecule has 9 nitrogen and oxygen atoms in total. The van der Waals surface area contributed by atoms with Crippen LogP contribution in [0.3, 0.4) is 0 Å². The van der Waals surface area contributed by atoms with Crippen molar-refractivity contribution < 1.29 is 28.3 Å². The molecule has 9 heteroatoms. The number of aromatic nitrogens is 1. The molecule has 1 aromatic heterocycles. The fourth-order valence-electron chi connectivity index (χ4n) is 4.44. The molecular formula is C27H27N3O6. The maximum Gasteiger partial charge on any atom is 0.275 e. The predicted octanol–water partition coefficient (Wildman–Crippen LogP) is 3.71. The van der Waals surface area contributed by atoms with Crippen LogP contribution < -0.4 is 14.4 Å². The van der Waals surface area contributed by atoms with Crippen molar-refractivity contribution in [2.75, 3.05) is 31.2 Å². The zero-order valence-corrected chi connectivity index (χ0v) is 20.3. The molecule has 0 N–H and O–H groups in total. The maximum atomic E-state index is 12.9. The molecule has 5 rings (SSSR count). The number of rotatable bonds is 7. The number of aryl methyl sites for hydroxylation is 2. The Morgan fingerprint density at radius 3 is 2.67 bits per heavy atom. The van der Waals surface area contributed by atoms with Gasteiger partial charge < -0.3 is 18.8 Å². The summed E-state index contributed by atoms with van der Waals surface area (Å²) in [6, 6.07) is 10.7. The molecule has 0 unspecified atom stereocenters. The van der Waals surface area contributed by atoms with Gasteiger partial charge in [0.1, 0.15) is 24.3 Å². The van der Waals surface area contributed by atoms with Crippen LogP contribution in [0.1, 0.15) is 50.7 Å². The minimum absolute atomic E-state index is 0.0131. The second-order valence-corrected chi connectivity index (χ2v) is 9.06. The Labute approximate surface area is 208 Å². The van der Waals surface area contributed by atoms with Crippen molar-refractivity contribution in [3.8, 4) is 11.5 Å². The van der Waals surface area contributed by atoms with Crippen LogP contribution in [0.5, 0.6) is 11.5 Å². The van der Waals surface area contributed by atoms with Crippen molar-refractivity contribution in [1.82, 2.24) is 9.88 Å². The lowest BCUT2D eigenvalue weighted by Crippen LogP contribution is -2.38. The molecule has 2 aromatic carbocycles. The molecule has 3 aromatic rings. The number of ketones is 1. The topological polar surface area (TPSA) is 102 Å². The fraction of sp³-hybridized carbons (Fsp3) is 0.333. The molecule has 0 spiro atoms. The molecule has 1 fully saturated rings. The van der Waals surface area contributed by atoms with E-state index in [0.29, 0.717) is 35.8 Å². The van der Waals surface area contributed by atoms with Gasteiger partial charge in [-0.3, -0.25) is 19.3 Å². The van der Waals surface area contributed by atoms with Gasteiger partial charge in [-0.05, 0) is 56.5 Å². The first-order valence-electron chi connectivity index (χ1n) is 11.9. The minimum atomic E-state index is -0.302. The number of hydrogen-bond donors (Lipinski definition) is 0. The summed E-state index contributed by atoms with van der Waals surface area (Å²) in [5.74, 6) is 0.646. The van der Waals surface area contributed by atoms with Gasteiger partial charge in [0.2, 0.25) is 5.89 Å². The van der Waals surface area contributed by atoms with E-state index in [9.17, 15) is 14.4 Å². The monoisotopic (exact) mass is 489 g/mol. The van der Waals surface area contributed by atoms with E-state index in [1.54, 1.807) is 23.1 Å². The Bertz CT molecular complexity index is 1320. The van der Waals surface area contributed by atoms with Crippen LogP contribution in [0.2, 0.25) is 0 Å². The number of hydrogen-bond acceptors (Lipinski definition) is 7. The highest BCUT2D eigenvalue weighted by Crippen LogP contribution is 2.34. The average Bonchev–Trinajstić information content (AvgIpc) is 3.57. The first kappa shape index (κ1) is 23.6. The molecule has 0 saturated carbocycles. The van der Waals surface area contributed by atoms with Crippen LogP contribution in [-0.4, -0.2) is 53.8 Å². The molecule has 0 atom stereocenters. The number of amides is 2. The SMILES string of the molecule is Cc1ccc(OCC(=O)c2ccc3c(c2)N(Cc2nc(C(=O)N4CCCC4)co2)C(=O)CO3)c(C)c1. The summed E-state index contributed by atoms with van der Waals surface area (Å²) in [6.07, 6.45) is 3.28. The fourth-order valence-corrected chi connectivity index (χ4v) is 4.44. The van der Waals surface area contributed by atoms with E-state index >= 15 is 0 Å². The second kappa shape index (κ2) is 9.85. The van der Waals surface area contributed by atoms with Gasteiger partial charge in [-0.25, -0.2) is 4.98 Å². The maximum absolute atomic E-state index is 12.9. The zero-order chi connectivity index (χ0) is 25.2. The van der Waals surface area contributed by atoms with Crippen LogP contribution in [0.4, 0.5) is 5.69 Å². The standard InChI is InChI=1S/C27H27N3O6/c1-17-5-7-23(18(2)11-17)34-15-22(31)19-6-8-24-21(12-19)30(26(32)16-35-24)13-25-28-20(14-36-25)27(33)29-9-3-4-10-29/h5-8,11-12,14H,3-4,9-10,13,15-16H2,1-2H3. The quantitative estimate of drug-likeness (QED) is 0.466. The Hall–Kier alpha value is -4.14. The number of likely N-dealkylation sites (tertiary alicyclic amines) is 1. The zero-order valence-electron chi connectivity index (χ0n) is 20.3. The van der Waals surface area contributed by atoms with Crippen molar-refractivity contribution in [2.45, 2.75) is 33.2 Å². The van der Waals surface area contributed by atoms with Crippen molar-refractivity contribution >= 4 is 23.3 Å². The van der Waals surface area contributed by atoms with Crippen LogP contribution >= 0.6 is 0 Å². The summed E-state index contributed by atoms with van der Waals surface area (Å²) >= 11 is 0. The van der Waals surface area contributed by atoms with E-state index in [1.807, 2.05) is 32.0 Å². The first-order chi connectivity index (χ1) is 17.4. The van der Waals surface area contributed by atoms with Gasteiger partial charge in [0.15, 0.2) is 24.7 Å². The van der Waals surface area contributed by atoms with Crippen LogP contribution in [0.25, 0.3) is 0 Å². The van der Waals surface area contributed by atoms with Crippen LogP contribution in [0, 0.1) is 13.8 Å². The number of carbonyl (C=O) groups is 3. The van der Waals surface area contributed by atoms with Gasteiger partial charge in [-0.15, -0.1) is 0 Å². The van der Waals surface area contributed by atoms with E-state index in [4.69, 9.17) is 13.9 Å². The van der Waals surface area contributed by atoms with E-state index in [-0.39, 0.29) is 48.9 Å². The van der Waals surface area contributed by atoms with E-state index in [0.717, 1.165) is 24.0 Å². The molecule has 1 saturated heterocycles. The summed E-state index contributed by atoms with van der Waals surface area (Å²) in [7, 11) is 0. The third kappa shape index (κ3) is 4.82. The third-order valence-corrected chi connectivity index (χ3v) is 6.37. The number of benzene rings is 2. The Morgan fingerprint density at radius 2 is 1.89 bits per heavy atom. The molecule has 186 valence electrons. The van der Waals surface area contributed by atoms with Gasteiger partial charge in [0.25, 0.3) is 11.8 Å². The smallest absolute Gasteiger partial charge is 0.275 e. The summed E-state index contributed by atoms with van der Waals surface area (Å²) in [5.41, 5.74) is 3.12. The molecule has 2 aliphatic rings. The lowest BCUT2D eigenvalue weighted by atomic mass is 10.1. The lowest BCUT2D eigenvalue weighted by Gasteiger charge is -2.28. The number of Topliss-reactive ketones (excluding diaryl/α,β-unsaturated/α-hetero) is 1. The molecule has 0 aliphatic carbocycles. The van der Waals surface area contributed by atoms with Gasteiger partial charge >= 0.3 is 0 Å². The molecule has 2 amide bonds. The normalized spacial score (nSPS) is 15.0. The largest absolute Gasteiger partial charge is 0.485 e. The van der Waals surface area contributed by atoms with Gasteiger partial charge in [-0.1, -0.05) is 17.7 Å². The number of carbonyl (C=O) groups excluding carboxylic acids is 3. The van der Waals surface area contributed by atoms with Gasteiger partial charge in [-0.2, -0.15) is 0 Å². The number of anilines is 1. The third-order valence-electron chi connectivity index (χ3n) is 6.37. The van der Waals surface area contributed by atoms with E-state index in [1.165, 1.54) is 11.2 Å². The summed E-state index contributed by atoms with van der Waals surface area (Å²) in [6.45, 7) is 5.07. The van der Waals surface area contributed by atoms with Crippen LogP contribution in [0.15, 0.2) is 47.1 Å². The van der Waals surface area contributed by atoms with Crippen LogP contribution in [-0.2, 0) is 11.3 Å². The van der Waals surface area contributed by atoms with Gasteiger partial charge in [0.05, 0.1) is 5.69 Å². The summed E-state index contributed by atoms with van der Waals surface area (Å²) < 4.78 is 16.8. The highest BCUT2D eigenvalue weighted by molar-refractivity contribution is 6.02. The van der Waals surface area contributed by atoms with E-state index < -0.39 is 0 Å². The first-order valence-corrected chi connectivity index (χ1v) is 11.9. The molecular weight excluding hydrogens is 462 g/mol. The molecule has 2 aliphatic heterocycles. The predicted molar refractivity (Wildman–Crippen MR) is 131 cm³/mol. The highest BCUT2D eigenvalue weighted by Gasteiger charge is 2.29. The van der Waals surface area contributed by atoms with Crippen molar-refractivity contribution in [3.63, 3.8) is 0 Å².